The van der Waals surface area contributed by atoms with E-state index in [-0.39, 0.29) is 11.9 Å². The summed E-state index contributed by atoms with van der Waals surface area (Å²) in [7, 11) is 0. The summed E-state index contributed by atoms with van der Waals surface area (Å²) in [6.07, 6.45) is 8.37. The molecule has 6 nitrogen and oxygen atoms in total. The number of nitrogens with zero attached hydrogens (tertiary/aromatic N) is 1. The number of fused-ring (bicyclic) bond motifs is 2. The Kier molecular flexibility index (Phi) is 3.94. The molecule has 0 radical (unpaired) electrons. The molecule has 0 aromatic carbocycles. The molecule has 132 valence electrons. The van der Waals surface area contributed by atoms with Crippen LogP contribution in [0.4, 0.5) is 4.79 Å². The molecular weight excluding hydrogens is 324 g/mol. The van der Waals surface area contributed by atoms with E-state index in [2.05, 4.69) is 23.0 Å². The molecule has 0 aromatic heterocycles. The zero-order valence-electron chi connectivity index (χ0n) is 14.1. The van der Waals surface area contributed by atoms with Crippen LogP contribution in [0, 0.1) is 17.8 Å². The van der Waals surface area contributed by atoms with Gasteiger partial charge in [0.1, 0.15) is 5.54 Å². The number of thiocarbonyl (C=S) groups is 1. The van der Waals surface area contributed by atoms with Crippen LogP contribution in [0.2, 0.25) is 0 Å². The molecule has 7 heteroatoms. The molecule has 3 aliphatic carbocycles. The molecule has 4 rings (SSSR count). The summed E-state index contributed by atoms with van der Waals surface area (Å²) < 4.78 is 0. The SMILES string of the molecule is CC1CCC2(CC1)NC(=O)N(NC(=S)N[C@@H]1C[C@H]3CC[C@@H]1C3)C2=O. The van der Waals surface area contributed by atoms with Crippen molar-refractivity contribution in [2.24, 2.45) is 17.8 Å². The fourth-order valence-corrected chi connectivity index (χ4v) is 5.28. The highest BCUT2D eigenvalue weighted by Crippen LogP contribution is 2.44. The van der Waals surface area contributed by atoms with Crippen LogP contribution in [-0.4, -0.2) is 33.6 Å². The number of rotatable bonds is 2. The fourth-order valence-electron chi connectivity index (χ4n) is 5.04. The van der Waals surface area contributed by atoms with E-state index in [1.165, 1.54) is 19.3 Å². The van der Waals surface area contributed by atoms with Crippen LogP contribution in [0.15, 0.2) is 0 Å². The van der Waals surface area contributed by atoms with E-state index in [1.54, 1.807) is 0 Å². The lowest BCUT2D eigenvalue weighted by Crippen LogP contribution is -2.55. The van der Waals surface area contributed by atoms with Crippen LogP contribution in [0.25, 0.3) is 0 Å². The van der Waals surface area contributed by atoms with Gasteiger partial charge in [0.2, 0.25) is 0 Å². The van der Waals surface area contributed by atoms with Gasteiger partial charge < -0.3 is 10.6 Å². The quantitative estimate of drug-likeness (QED) is 0.525. The van der Waals surface area contributed by atoms with Gasteiger partial charge in [0.15, 0.2) is 5.11 Å². The van der Waals surface area contributed by atoms with Crippen molar-refractivity contribution in [2.75, 3.05) is 0 Å². The Bertz CT molecular complexity index is 573. The maximum atomic E-state index is 12.8. The predicted octanol–water partition coefficient (Wildman–Crippen LogP) is 2.05. The van der Waals surface area contributed by atoms with Gasteiger partial charge in [-0.15, -0.1) is 0 Å². The lowest BCUT2D eigenvalue weighted by atomic mass is 9.77. The third kappa shape index (κ3) is 2.66. The lowest BCUT2D eigenvalue weighted by molar-refractivity contribution is -0.133. The molecule has 0 aromatic rings. The molecule has 4 fully saturated rings. The van der Waals surface area contributed by atoms with Crippen LogP contribution in [0.5, 0.6) is 0 Å². The number of amides is 3. The van der Waals surface area contributed by atoms with E-state index in [9.17, 15) is 9.59 Å². The Morgan fingerprint density at radius 1 is 1.21 bits per heavy atom. The minimum absolute atomic E-state index is 0.184. The summed E-state index contributed by atoms with van der Waals surface area (Å²) in [4.78, 5) is 25.1. The van der Waals surface area contributed by atoms with Crippen molar-refractivity contribution in [2.45, 2.75) is 69.9 Å². The summed E-state index contributed by atoms with van der Waals surface area (Å²) in [5, 5.41) is 7.69. The molecule has 1 spiro atoms. The van der Waals surface area contributed by atoms with Gasteiger partial charge in [-0.3, -0.25) is 10.2 Å². The van der Waals surface area contributed by atoms with Crippen LogP contribution < -0.4 is 16.1 Å². The number of carbonyl (C=O) groups is 2. The van der Waals surface area contributed by atoms with Gasteiger partial charge in [-0.1, -0.05) is 13.3 Å². The third-order valence-corrected chi connectivity index (χ3v) is 6.77. The molecule has 24 heavy (non-hydrogen) atoms. The molecule has 2 bridgehead atoms. The van der Waals surface area contributed by atoms with Crippen LogP contribution >= 0.6 is 12.2 Å². The second-order valence-corrected chi connectivity index (χ2v) is 8.61. The second kappa shape index (κ2) is 5.86. The van der Waals surface area contributed by atoms with Gasteiger partial charge in [0, 0.05) is 6.04 Å². The Morgan fingerprint density at radius 3 is 2.58 bits per heavy atom. The Hall–Kier alpha value is -1.37. The van der Waals surface area contributed by atoms with Gasteiger partial charge in [-0.25, -0.2) is 4.79 Å². The van der Waals surface area contributed by atoms with E-state index in [4.69, 9.17) is 12.2 Å². The largest absolute Gasteiger partial charge is 0.358 e. The van der Waals surface area contributed by atoms with Gasteiger partial charge >= 0.3 is 6.03 Å². The van der Waals surface area contributed by atoms with Gasteiger partial charge in [0.25, 0.3) is 5.91 Å². The number of hydrogen-bond acceptors (Lipinski definition) is 3. The van der Waals surface area contributed by atoms with Crippen molar-refractivity contribution >= 4 is 29.3 Å². The van der Waals surface area contributed by atoms with Crippen LogP contribution in [0.1, 0.15) is 58.3 Å². The highest BCUT2D eigenvalue weighted by Gasteiger charge is 2.52. The maximum absolute atomic E-state index is 12.8. The van der Waals surface area contributed by atoms with Crippen molar-refractivity contribution in [3.05, 3.63) is 0 Å². The van der Waals surface area contributed by atoms with Crippen LogP contribution in [0.3, 0.4) is 0 Å². The van der Waals surface area contributed by atoms with Gasteiger partial charge in [-0.05, 0) is 74.9 Å². The molecular formula is C17H26N4O2S. The van der Waals surface area contributed by atoms with Crippen molar-refractivity contribution < 1.29 is 9.59 Å². The van der Waals surface area contributed by atoms with Crippen LogP contribution in [-0.2, 0) is 4.79 Å². The predicted molar refractivity (Wildman–Crippen MR) is 93.8 cm³/mol. The smallest absolute Gasteiger partial charge is 0.344 e. The minimum atomic E-state index is -0.724. The number of hydrazine groups is 1. The van der Waals surface area contributed by atoms with E-state index in [1.807, 2.05) is 0 Å². The number of imide groups is 1. The van der Waals surface area contributed by atoms with E-state index < -0.39 is 5.54 Å². The minimum Gasteiger partial charge on any atom is -0.358 e. The zero-order chi connectivity index (χ0) is 16.9. The summed E-state index contributed by atoms with van der Waals surface area (Å²) >= 11 is 5.36. The average Bonchev–Trinajstić information content (AvgIpc) is 3.21. The molecule has 3 amide bonds. The number of hydrogen-bond donors (Lipinski definition) is 3. The third-order valence-electron chi connectivity index (χ3n) is 6.56. The first-order chi connectivity index (χ1) is 11.5. The summed E-state index contributed by atoms with van der Waals surface area (Å²) in [5.41, 5.74) is 2.12. The highest BCUT2D eigenvalue weighted by atomic mass is 32.1. The first kappa shape index (κ1) is 16.1. The van der Waals surface area contributed by atoms with Crippen molar-refractivity contribution in [3.63, 3.8) is 0 Å². The van der Waals surface area contributed by atoms with E-state index in [0.29, 0.717) is 35.8 Å². The first-order valence-corrected chi connectivity index (χ1v) is 9.61. The van der Waals surface area contributed by atoms with E-state index in [0.717, 1.165) is 30.2 Å². The monoisotopic (exact) mass is 350 g/mol. The fraction of sp³-hybridized carbons (Fsp3) is 0.824. The Balaban J connectivity index is 1.36. The molecule has 3 saturated carbocycles. The summed E-state index contributed by atoms with van der Waals surface area (Å²) in [5.74, 6) is 1.93. The topological polar surface area (TPSA) is 73.5 Å². The molecule has 1 heterocycles. The van der Waals surface area contributed by atoms with E-state index >= 15 is 0 Å². The van der Waals surface area contributed by atoms with Gasteiger partial charge in [0.05, 0.1) is 0 Å². The molecule has 1 aliphatic heterocycles. The normalized spacial score (nSPS) is 41.0. The molecule has 0 unspecified atom stereocenters. The Morgan fingerprint density at radius 2 is 1.96 bits per heavy atom. The second-order valence-electron chi connectivity index (χ2n) is 8.20. The number of carbonyl (C=O) groups excluding carboxylic acids is 2. The molecule has 3 atom stereocenters. The summed E-state index contributed by atoms with van der Waals surface area (Å²) in [6.45, 7) is 2.19. The van der Waals surface area contributed by atoms with Gasteiger partial charge in [-0.2, -0.15) is 5.01 Å². The number of urea groups is 1. The average molecular weight is 350 g/mol. The van der Waals surface area contributed by atoms with Crippen molar-refractivity contribution in [1.82, 2.24) is 21.1 Å². The zero-order valence-corrected chi connectivity index (χ0v) is 15.0. The summed E-state index contributed by atoms with van der Waals surface area (Å²) in [6, 6.07) is 0.000604. The highest BCUT2D eigenvalue weighted by molar-refractivity contribution is 7.80. The first-order valence-electron chi connectivity index (χ1n) is 9.21. The Labute approximate surface area is 148 Å². The number of nitrogens with one attached hydrogen (secondary N) is 3. The van der Waals surface area contributed by atoms with Crippen molar-refractivity contribution in [1.29, 1.82) is 0 Å². The molecule has 3 N–H and O–H groups in total. The standard InChI is InChI=1S/C17H26N4O2S/c1-10-4-6-17(7-5-10)14(22)21(16(23)19-17)20-15(24)18-13-9-11-2-3-12(13)8-11/h10-13H,2-9H2,1H3,(H,19,23)(H2,18,20,24)/t10?,11-,12+,13+,17?/m0/s1. The molecule has 1 saturated heterocycles. The van der Waals surface area contributed by atoms with Crippen molar-refractivity contribution in [3.8, 4) is 0 Å². The molecule has 4 aliphatic rings. The lowest BCUT2D eigenvalue weighted by Gasteiger charge is -2.33. The maximum Gasteiger partial charge on any atom is 0.344 e.